The van der Waals surface area contributed by atoms with E-state index in [0.29, 0.717) is 52.6 Å². The smallest absolute Gasteiger partial charge is 0.262 e. The van der Waals surface area contributed by atoms with Crippen LogP contribution in [0.15, 0.2) is 63.0 Å². The molecule has 32 heavy (non-hydrogen) atoms. The SMILES string of the molecule is COCCCn1c(SCc2nc(-c3ccc(C(C)C)cc3)no2)nc2ccccc2c1=O. The molecule has 0 saturated heterocycles. The maximum absolute atomic E-state index is 13.0. The van der Waals surface area contributed by atoms with Crippen molar-refractivity contribution in [3.05, 3.63) is 70.3 Å². The Kier molecular flexibility index (Phi) is 7.02. The van der Waals surface area contributed by atoms with Crippen molar-refractivity contribution in [3.8, 4) is 11.4 Å². The Bertz CT molecular complexity index is 1250. The van der Waals surface area contributed by atoms with Crippen LogP contribution in [-0.4, -0.2) is 33.4 Å². The van der Waals surface area contributed by atoms with Gasteiger partial charge in [0.1, 0.15) is 0 Å². The highest BCUT2D eigenvalue weighted by Crippen LogP contribution is 2.24. The van der Waals surface area contributed by atoms with Crippen molar-refractivity contribution in [3.63, 3.8) is 0 Å². The number of rotatable bonds is 9. The van der Waals surface area contributed by atoms with Gasteiger partial charge in [-0.1, -0.05) is 67.2 Å². The number of thioether (sulfide) groups is 1. The second-order valence-electron chi connectivity index (χ2n) is 7.79. The van der Waals surface area contributed by atoms with Crippen molar-refractivity contribution in [1.82, 2.24) is 19.7 Å². The molecule has 0 radical (unpaired) electrons. The lowest BCUT2D eigenvalue weighted by Gasteiger charge is -2.12. The van der Waals surface area contributed by atoms with E-state index in [-0.39, 0.29) is 5.56 Å². The van der Waals surface area contributed by atoms with E-state index < -0.39 is 0 Å². The number of hydrogen-bond acceptors (Lipinski definition) is 7. The number of ether oxygens (including phenoxy) is 1. The fraction of sp³-hybridized carbons (Fsp3) is 0.333. The van der Waals surface area contributed by atoms with Crippen LogP contribution in [0.1, 0.15) is 37.6 Å². The van der Waals surface area contributed by atoms with Gasteiger partial charge in [-0.15, -0.1) is 0 Å². The monoisotopic (exact) mass is 450 g/mol. The molecule has 0 atom stereocenters. The van der Waals surface area contributed by atoms with E-state index in [1.165, 1.54) is 17.3 Å². The second-order valence-corrected chi connectivity index (χ2v) is 8.73. The molecule has 0 saturated carbocycles. The zero-order valence-corrected chi connectivity index (χ0v) is 19.3. The maximum atomic E-state index is 13.0. The van der Waals surface area contributed by atoms with Crippen LogP contribution in [0.4, 0.5) is 0 Å². The van der Waals surface area contributed by atoms with Crippen molar-refractivity contribution >= 4 is 22.7 Å². The Hall–Kier alpha value is -2.97. The number of para-hydroxylation sites is 1. The van der Waals surface area contributed by atoms with Crippen molar-refractivity contribution in [2.45, 2.75) is 43.6 Å². The van der Waals surface area contributed by atoms with Gasteiger partial charge >= 0.3 is 0 Å². The minimum absolute atomic E-state index is 0.0503. The first-order chi connectivity index (χ1) is 15.6. The largest absolute Gasteiger partial charge is 0.385 e. The molecule has 0 unspecified atom stereocenters. The van der Waals surface area contributed by atoms with Crippen molar-refractivity contribution in [2.75, 3.05) is 13.7 Å². The van der Waals surface area contributed by atoms with Gasteiger partial charge in [-0.2, -0.15) is 4.98 Å². The molecule has 0 N–H and O–H groups in total. The molecule has 8 heteroatoms. The molecule has 0 amide bonds. The number of hydrogen-bond donors (Lipinski definition) is 0. The zero-order valence-electron chi connectivity index (χ0n) is 18.4. The number of aromatic nitrogens is 4. The van der Waals surface area contributed by atoms with Crippen LogP contribution < -0.4 is 5.56 Å². The summed E-state index contributed by atoms with van der Waals surface area (Å²) in [4.78, 5) is 22.3. The topological polar surface area (TPSA) is 83.0 Å². The summed E-state index contributed by atoms with van der Waals surface area (Å²) in [7, 11) is 1.65. The molecule has 4 rings (SSSR count). The highest BCUT2D eigenvalue weighted by molar-refractivity contribution is 7.98. The summed E-state index contributed by atoms with van der Waals surface area (Å²) in [5, 5.41) is 5.36. The summed E-state index contributed by atoms with van der Waals surface area (Å²) in [6, 6.07) is 15.6. The molecule has 4 aromatic rings. The van der Waals surface area contributed by atoms with Gasteiger partial charge in [-0.05, 0) is 30.0 Å². The Morgan fingerprint density at radius 2 is 1.88 bits per heavy atom. The Labute approximate surface area is 190 Å². The Morgan fingerprint density at radius 1 is 1.09 bits per heavy atom. The predicted molar refractivity (Wildman–Crippen MR) is 126 cm³/mol. The lowest BCUT2D eigenvalue weighted by molar-refractivity contribution is 0.189. The first-order valence-electron chi connectivity index (χ1n) is 10.6. The molecule has 0 spiro atoms. The molecule has 0 aliphatic heterocycles. The average molecular weight is 451 g/mol. The normalized spacial score (nSPS) is 11.5. The fourth-order valence-corrected chi connectivity index (χ4v) is 4.26. The molecule has 0 bridgehead atoms. The fourth-order valence-electron chi connectivity index (χ4n) is 3.40. The van der Waals surface area contributed by atoms with E-state index in [1.807, 2.05) is 30.3 Å². The van der Waals surface area contributed by atoms with E-state index in [0.717, 1.165) is 12.0 Å². The third-order valence-electron chi connectivity index (χ3n) is 5.19. The van der Waals surface area contributed by atoms with Crippen LogP contribution in [0.25, 0.3) is 22.3 Å². The van der Waals surface area contributed by atoms with Crippen LogP contribution in [0.2, 0.25) is 0 Å². The van der Waals surface area contributed by atoms with Crippen LogP contribution in [0, 0.1) is 0 Å². The Morgan fingerprint density at radius 3 is 2.62 bits per heavy atom. The summed E-state index contributed by atoms with van der Waals surface area (Å²) >= 11 is 1.42. The van der Waals surface area contributed by atoms with Crippen LogP contribution in [-0.2, 0) is 17.0 Å². The van der Waals surface area contributed by atoms with Crippen LogP contribution in [0.3, 0.4) is 0 Å². The van der Waals surface area contributed by atoms with Gasteiger partial charge in [-0.25, -0.2) is 4.98 Å². The number of nitrogens with zero attached hydrogens (tertiary/aromatic N) is 4. The number of benzene rings is 2. The Balaban J connectivity index is 1.55. The molecule has 0 aliphatic carbocycles. The lowest BCUT2D eigenvalue weighted by Crippen LogP contribution is -2.24. The highest BCUT2D eigenvalue weighted by atomic mass is 32.2. The van der Waals surface area contributed by atoms with Gasteiger partial charge in [-0.3, -0.25) is 9.36 Å². The molecule has 0 aliphatic rings. The van der Waals surface area contributed by atoms with E-state index in [9.17, 15) is 4.79 Å². The molecular weight excluding hydrogens is 424 g/mol. The summed E-state index contributed by atoms with van der Waals surface area (Å²) in [5.41, 5.74) is 2.81. The highest BCUT2D eigenvalue weighted by Gasteiger charge is 2.14. The first kappa shape index (κ1) is 22.2. The average Bonchev–Trinajstić information content (AvgIpc) is 3.28. The molecule has 7 nitrogen and oxygen atoms in total. The van der Waals surface area contributed by atoms with Gasteiger partial charge in [0, 0.05) is 25.8 Å². The maximum Gasteiger partial charge on any atom is 0.262 e. The molecule has 2 aromatic carbocycles. The van der Waals surface area contributed by atoms with Crippen molar-refractivity contribution in [1.29, 1.82) is 0 Å². The first-order valence-corrected chi connectivity index (χ1v) is 11.6. The standard InChI is InChI=1S/C24H26N4O3S/c1-16(2)17-9-11-18(12-10-17)22-26-21(31-27-22)15-32-24-25-20-8-5-4-7-19(20)23(29)28(24)13-6-14-30-3/h4-5,7-12,16H,6,13-15H2,1-3H3. The summed E-state index contributed by atoms with van der Waals surface area (Å²) < 4.78 is 12.3. The lowest BCUT2D eigenvalue weighted by atomic mass is 10.0. The van der Waals surface area contributed by atoms with Gasteiger partial charge in [0.05, 0.1) is 16.7 Å². The van der Waals surface area contributed by atoms with Gasteiger partial charge < -0.3 is 9.26 Å². The predicted octanol–water partition coefficient (Wildman–Crippen LogP) is 4.90. The minimum atomic E-state index is -0.0503. The van der Waals surface area contributed by atoms with Gasteiger partial charge in [0.25, 0.3) is 5.56 Å². The molecule has 2 aromatic heterocycles. The number of fused-ring (bicyclic) bond motifs is 1. The van der Waals surface area contributed by atoms with Crippen molar-refractivity contribution < 1.29 is 9.26 Å². The second kappa shape index (κ2) is 10.1. The third kappa shape index (κ3) is 4.92. The van der Waals surface area contributed by atoms with Crippen molar-refractivity contribution in [2.24, 2.45) is 0 Å². The zero-order chi connectivity index (χ0) is 22.5. The van der Waals surface area contributed by atoms with Crippen LogP contribution >= 0.6 is 11.8 Å². The van der Waals surface area contributed by atoms with Gasteiger partial charge in [0.15, 0.2) is 5.16 Å². The summed E-state index contributed by atoms with van der Waals surface area (Å²) in [6.07, 6.45) is 0.723. The van der Waals surface area contributed by atoms with E-state index >= 15 is 0 Å². The van der Waals surface area contributed by atoms with E-state index in [1.54, 1.807) is 17.7 Å². The molecule has 0 fully saturated rings. The summed E-state index contributed by atoms with van der Waals surface area (Å²) in [5.74, 6) is 1.94. The minimum Gasteiger partial charge on any atom is -0.385 e. The quantitative estimate of drug-likeness (QED) is 0.204. The third-order valence-corrected chi connectivity index (χ3v) is 6.15. The number of methoxy groups -OCH3 is 1. The molecular formula is C24H26N4O3S. The van der Waals surface area contributed by atoms with E-state index in [4.69, 9.17) is 14.2 Å². The summed E-state index contributed by atoms with van der Waals surface area (Å²) in [6.45, 7) is 5.43. The molecule has 166 valence electrons. The van der Waals surface area contributed by atoms with Gasteiger partial charge in [0.2, 0.25) is 11.7 Å². The van der Waals surface area contributed by atoms with Crippen LogP contribution in [0.5, 0.6) is 0 Å². The molecule has 2 heterocycles. The van der Waals surface area contributed by atoms with E-state index in [2.05, 4.69) is 36.1 Å².